The van der Waals surface area contributed by atoms with Crippen molar-refractivity contribution in [3.05, 3.63) is 65.5 Å². The highest BCUT2D eigenvalue weighted by atomic mass is 19.1. The molecule has 2 rings (SSSR count). The van der Waals surface area contributed by atoms with Crippen LogP contribution in [-0.4, -0.2) is 11.0 Å². The van der Waals surface area contributed by atoms with E-state index in [0.717, 1.165) is 5.56 Å². The monoisotopic (exact) mass is 260 g/mol. The summed E-state index contributed by atoms with van der Waals surface area (Å²) in [5.74, 6) is 0.332. The van der Waals surface area contributed by atoms with Crippen molar-refractivity contribution in [3.63, 3.8) is 0 Å². The van der Waals surface area contributed by atoms with Gasteiger partial charge >= 0.3 is 0 Å². The van der Waals surface area contributed by atoms with Crippen LogP contribution in [0.2, 0.25) is 0 Å². The summed E-state index contributed by atoms with van der Waals surface area (Å²) in [5.41, 5.74) is 6.92. The van der Waals surface area contributed by atoms with Crippen LogP contribution in [0.1, 0.15) is 11.1 Å². The topological polar surface area (TPSA) is 67.8 Å². The zero-order valence-electron chi connectivity index (χ0n) is 10.1. The van der Waals surface area contributed by atoms with Crippen LogP contribution in [0.25, 0.3) is 0 Å². The van der Waals surface area contributed by atoms with Crippen LogP contribution in [0.5, 0.6) is 5.75 Å². The van der Waals surface area contributed by atoms with Crippen molar-refractivity contribution < 1.29 is 14.3 Å². The van der Waals surface area contributed by atoms with E-state index in [9.17, 15) is 4.39 Å². The summed E-state index contributed by atoms with van der Waals surface area (Å²) in [4.78, 5) is 0. The van der Waals surface area contributed by atoms with Gasteiger partial charge in [-0.05, 0) is 29.8 Å². The second-order valence-corrected chi connectivity index (χ2v) is 3.93. The first-order valence-corrected chi connectivity index (χ1v) is 5.64. The maximum Gasteiger partial charge on any atom is 0.170 e. The van der Waals surface area contributed by atoms with Crippen molar-refractivity contribution in [2.75, 3.05) is 0 Å². The number of hydrogen-bond acceptors (Lipinski definition) is 3. The lowest BCUT2D eigenvalue weighted by Crippen LogP contribution is -2.12. The van der Waals surface area contributed by atoms with Crippen molar-refractivity contribution in [3.8, 4) is 5.75 Å². The van der Waals surface area contributed by atoms with Crippen molar-refractivity contribution >= 4 is 5.84 Å². The molecule has 2 aromatic rings. The predicted molar refractivity (Wildman–Crippen MR) is 69.7 cm³/mol. The number of nitrogens with zero attached hydrogens (tertiary/aromatic N) is 1. The van der Waals surface area contributed by atoms with Crippen LogP contribution in [0.3, 0.4) is 0 Å². The van der Waals surface area contributed by atoms with E-state index < -0.39 is 0 Å². The van der Waals surface area contributed by atoms with Crippen molar-refractivity contribution in [1.29, 1.82) is 0 Å². The Balaban J connectivity index is 2.05. The van der Waals surface area contributed by atoms with Crippen LogP contribution in [-0.2, 0) is 6.61 Å². The normalized spacial score (nSPS) is 11.3. The molecule has 0 heterocycles. The Bertz CT molecular complexity index is 582. The van der Waals surface area contributed by atoms with Gasteiger partial charge in [0.1, 0.15) is 18.2 Å². The molecule has 0 unspecified atom stereocenters. The summed E-state index contributed by atoms with van der Waals surface area (Å²) in [5, 5.41) is 11.5. The zero-order valence-corrected chi connectivity index (χ0v) is 10.1. The molecule has 0 aliphatic carbocycles. The van der Waals surface area contributed by atoms with Crippen LogP contribution in [0.4, 0.5) is 4.39 Å². The number of oxime groups is 1. The molecule has 0 saturated carbocycles. The van der Waals surface area contributed by atoms with Gasteiger partial charge in [-0.25, -0.2) is 4.39 Å². The van der Waals surface area contributed by atoms with Gasteiger partial charge in [0.05, 0.1) is 0 Å². The van der Waals surface area contributed by atoms with Crippen molar-refractivity contribution in [1.82, 2.24) is 0 Å². The first-order valence-electron chi connectivity index (χ1n) is 5.64. The number of halogens is 1. The maximum absolute atomic E-state index is 12.7. The standard InChI is InChI=1S/C14H13FN2O2/c15-12-6-4-10(5-7-12)9-19-13-3-1-2-11(8-13)14(16)17-18/h1-8,18H,9H2,(H2,16,17). The fourth-order valence-corrected chi connectivity index (χ4v) is 1.55. The molecule has 0 fully saturated rings. The van der Waals surface area contributed by atoms with Gasteiger partial charge in [-0.1, -0.05) is 29.4 Å². The first-order chi connectivity index (χ1) is 9.19. The molecule has 0 bridgehead atoms. The third-order valence-corrected chi connectivity index (χ3v) is 2.56. The van der Waals surface area contributed by atoms with Gasteiger partial charge in [0.15, 0.2) is 5.84 Å². The second-order valence-electron chi connectivity index (χ2n) is 3.93. The molecule has 0 saturated heterocycles. The van der Waals surface area contributed by atoms with E-state index in [0.29, 0.717) is 17.9 Å². The average Bonchev–Trinajstić information content (AvgIpc) is 2.46. The van der Waals surface area contributed by atoms with E-state index in [1.807, 2.05) is 0 Å². The van der Waals surface area contributed by atoms with Crippen LogP contribution in [0, 0.1) is 5.82 Å². The molecule has 0 radical (unpaired) electrons. The Morgan fingerprint density at radius 3 is 2.63 bits per heavy atom. The van der Waals surface area contributed by atoms with Crippen LogP contribution < -0.4 is 10.5 Å². The maximum atomic E-state index is 12.7. The van der Waals surface area contributed by atoms with Crippen molar-refractivity contribution in [2.45, 2.75) is 6.61 Å². The van der Waals surface area contributed by atoms with E-state index in [1.54, 1.807) is 36.4 Å². The third kappa shape index (κ3) is 3.45. The predicted octanol–water partition coefficient (Wildman–Crippen LogP) is 2.50. The van der Waals surface area contributed by atoms with Crippen LogP contribution in [0.15, 0.2) is 53.7 Å². The number of hydrogen-bond donors (Lipinski definition) is 2. The molecular weight excluding hydrogens is 247 g/mol. The molecule has 3 N–H and O–H groups in total. The van der Waals surface area contributed by atoms with E-state index in [2.05, 4.69) is 5.16 Å². The lowest BCUT2D eigenvalue weighted by Gasteiger charge is -2.07. The molecular formula is C14H13FN2O2. The fraction of sp³-hybridized carbons (Fsp3) is 0.0714. The van der Waals surface area contributed by atoms with E-state index >= 15 is 0 Å². The molecule has 98 valence electrons. The van der Waals surface area contributed by atoms with Gasteiger partial charge in [0.2, 0.25) is 0 Å². The van der Waals surface area contributed by atoms with Gasteiger partial charge in [-0.2, -0.15) is 0 Å². The van der Waals surface area contributed by atoms with Gasteiger partial charge in [-0.15, -0.1) is 0 Å². The smallest absolute Gasteiger partial charge is 0.170 e. The Labute approximate surface area is 109 Å². The molecule has 0 aromatic heterocycles. The fourth-order valence-electron chi connectivity index (χ4n) is 1.55. The van der Waals surface area contributed by atoms with Gasteiger partial charge < -0.3 is 15.7 Å². The summed E-state index contributed by atoms with van der Waals surface area (Å²) in [6.07, 6.45) is 0. The SMILES string of the molecule is N/C(=N\O)c1cccc(OCc2ccc(F)cc2)c1. The molecule has 19 heavy (non-hydrogen) atoms. The summed E-state index contributed by atoms with van der Waals surface area (Å²) >= 11 is 0. The summed E-state index contributed by atoms with van der Waals surface area (Å²) < 4.78 is 18.3. The number of rotatable bonds is 4. The lowest BCUT2D eigenvalue weighted by molar-refractivity contribution is 0.306. The molecule has 0 spiro atoms. The number of benzene rings is 2. The van der Waals surface area contributed by atoms with E-state index in [4.69, 9.17) is 15.7 Å². The first kappa shape index (κ1) is 12.9. The van der Waals surface area contributed by atoms with Crippen molar-refractivity contribution in [2.24, 2.45) is 10.9 Å². The number of amidine groups is 1. The lowest BCUT2D eigenvalue weighted by atomic mass is 10.2. The van der Waals surface area contributed by atoms with Gasteiger partial charge in [-0.3, -0.25) is 0 Å². The minimum absolute atomic E-state index is 0.0206. The highest BCUT2D eigenvalue weighted by Crippen LogP contribution is 2.15. The van der Waals surface area contributed by atoms with Gasteiger partial charge in [0.25, 0.3) is 0 Å². The largest absolute Gasteiger partial charge is 0.489 e. The van der Waals surface area contributed by atoms with E-state index in [1.165, 1.54) is 12.1 Å². The second kappa shape index (κ2) is 5.86. The Kier molecular flexibility index (Phi) is 3.97. The minimum Gasteiger partial charge on any atom is -0.489 e. The Morgan fingerprint density at radius 1 is 1.21 bits per heavy atom. The van der Waals surface area contributed by atoms with Gasteiger partial charge in [0, 0.05) is 5.56 Å². The minimum atomic E-state index is -0.280. The Hall–Kier alpha value is -2.56. The summed E-state index contributed by atoms with van der Waals surface area (Å²) in [6.45, 7) is 0.319. The zero-order chi connectivity index (χ0) is 13.7. The average molecular weight is 260 g/mol. The molecule has 5 heteroatoms. The molecule has 2 aromatic carbocycles. The highest BCUT2D eigenvalue weighted by Gasteiger charge is 2.02. The molecule has 4 nitrogen and oxygen atoms in total. The molecule has 0 aliphatic heterocycles. The Morgan fingerprint density at radius 2 is 1.95 bits per heavy atom. The third-order valence-electron chi connectivity index (χ3n) is 2.56. The quantitative estimate of drug-likeness (QED) is 0.384. The highest BCUT2D eigenvalue weighted by molar-refractivity contribution is 5.97. The molecule has 0 aliphatic rings. The molecule has 0 amide bonds. The number of ether oxygens (including phenoxy) is 1. The number of nitrogens with two attached hydrogens (primary N) is 1. The van der Waals surface area contributed by atoms with E-state index in [-0.39, 0.29) is 11.7 Å². The summed E-state index contributed by atoms with van der Waals surface area (Å²) in [6, 6.07) is 13.0. The molecule has 0 atom stereocenters. The summed E-state index contributed by atoms with van der Waals surface area (Å²) in [7, 11) is 0. The van der Waals surface area contributed by atoms with Crippen LogP contribution >= 0.6 is 0 Å².